The average molecular weight is 304 g/mol. The fourth-order valence-electron chi connectivity index (χ4n) is 1.90. The first kappa shape index (κ1) is 17.3. The lowest BCUT2D eigenvalue weighted by molar-refractivity contribution is -0.128. The number of hydrogen-bond acceptors (Lipinski definition) is 3. The van der Waals surface area contributed by atoms with Gasteiger partial charge in [-0.25, -0.2) is 0 Å². The largest absolute Gasteiger partial charge is 0.496 e. The molecule has 0 heterocycles. The van der Waals surface area contributed by atoms with Crippen molar-refractivity contribution >= 4 is 5.91 Å². The number of rotatable bonds is 7. The number of methoxy groups -OCH3 is 1. The highest BCUT2D eigenvalue weighted by Crippen LogP contribution is 2.18. The van der Waals surface area contributed by atoms with Crippen molar-refractivity contribution in [1.82, 2.24) is 10.6 Å². The van der Waals surface area contributed by atoms with Gasteiger partial charge in [0.15, 0.2) is 0 Å². The SMILES string of the molecule is COc1ccccc1CC(C)NC(=O)CNCC(F)(F)F. The molecule has 0 bridgehead atoms. The second-order valence-electron chi connectivity index (χ2n) is 4.70. The van der Waals surface area contributed by atoms with Crippen molar-refractivity contribution in [2.75, 3.05) is 20.2 Å². The summed E-state index contributed by atoms with van der Waals surface area (Å²) in [6, 6.07) is 7.18. The van der Waals surface area contributed by atoms with Crippen LogP contribution in [0.2, 0.25) is 0 Å². The number of hydrogen-bond donors (Lipinski definition) is 2. The highest BCUT2D eigenvalue weighted by molar-refractivity contribution is 5.78. The van der Waals surface area contributed by atoms with E-state index in [1.807, 2.05) is 24.3 Å². The average Bonchev–Trinajstić information content (AvgIpc) is 2.37. The van der Waals surface area contributed by atoms with Crippen molar-refractivity contribution in [2.45, 2.75) is 25.6 Å². The summed E-state index contributed by atoms with van der Waals surface area (Å²) in [5.41, 5.74) is 0.927. The fourth-order valence-corrected chi connectivity index (χ4v) is 1.90. The molecule has 0 aliphatic heterocycles. The smallest absolute Gasteiger partial charge is 0.401 e. The van der Waals surface area contributed by atoms with E-state index in [9.17, 15) is 18.0 Å². The van der Waals surface area contributed by atoms with Crippen LogP contribution in [0, 0.1) is 0 Å². The highest BCUT2D eigenvalue weighted by Gasteiger charge is 2.26. The fraction of sp³-hybridized carbons (Fsp3) is 0.500. The molecule has 118 valence electrons. The minimum absolute atomic E-state index is 0.207. The molecule has 0 aliphatic rings. The first-order chi connectivity index (χ1) is 9.81. The van der Waals surface area contributed by atoms with E-state index in [1.54, 1.807) is 14.0 Å². The molecule has 0 saturated carbocycles. The van der Waals surface area contributed by atoms with Crippen LogP contribution in [-0.2, 0) is 11.2 Å². The van der Waals surface area contributed by atoms with Gasteiger partial charge in [-0.3, -0.25) is 4.79 Å². The van der Waals surface area contributed by atoms with Gasteiger partial charge in [-0.2, -0.15) is 13.2 Å². The summed E-state index contributed by atoms with van der Waals surface area (Å²) < 4.78 is 41.0. The Morgan fingerprint density at radius 3 is 2.62 bits per heavy atom. The summed E-state index contributed by atoms with van der Waals surface area (Å²) in [7, 11) is 1.56. The van der Waals surface area contributed by atoms with Crippen LogP contribution in [0.1, 0.15) is 12.5 Å². The molecule has 1 aromatic rings. The van der Waals surface area contributed by atoms with Crippen molar-refractivity contribution in [1.29, 1.82) is 0 Å². The van der Waals surface area contributed by atoms with Crippen molar-refractivity contribution in [2.24, 2.45) is 0 Å². The van der Waals surface area contributed by atoms with Crippen molar-refractivity contribution in [3.63, 3.8) is 0 Å². The molecule has 0 aliphatic carbocycles. The van der Waals surface area contributed by atoms with Gasteiger partial charge in [-0.15, -0.1) is 0 Å². The highest BCUT2D eigenvalue weighted by atomic mass is 19.4. The maximum Gasteiger partial charge on any atom is 0.401 e. The van der Waals surface area contributed by atoms with Gasteiger partial charge in [-0.1, -0.05) is 18.2 Å². The predicted octanol–water partition coefficient (Wildman–Crippen LogP) is 1.89. The molecule has 0 aromatic heterocycles. The van der Waals surface area contributed by atoms with Gasteiger partial charge >= 0.3 is 6.18 Å². The van der Waals surface area contributed by atoms with Gasteiger partial charge in [0, 0.05) is 6.04 Å². The molecule has 4 nitrogen and oxygen atoms in total. The van der Waals surface area contributed by atoms with E-state index in [0.29, 0.717) is 12.2 Å². The van der Waals surface area contributed by atoms with E-state index in [0.717, 1.165) is 5.56 Å². The Hall–Kier alpha value is -1.76. The van der Waals surface area contributed by atoms with E-state index < -0.39 is 18.6 Å². The molecule has 1 atom stereocenters. The zero-order valence-corrected chi connectivity index (χ0v) is 12.0. The lowest BCUT2D eigenvalue weighted by Gasteiger charge is -2.16. The number of benzene rings is 1. The van der Waals surface area contributed by atoms with Crippen molar-refractivity contribution in [3.05, 3.63) is 29.8 Å². The summed E-state index contributed by atoms with van der Waals surface area (Å²) in [5.74, 6) is 0.246. The second kappa shape index (κ2) is 7.87. The minimum Gasteiger partial charge on any atom is -0.496 e. The molecule has 0 spiro atoms. The normalized spacial score (nSPS) is 12.8. The number of ether oxygens (including phenoxy) is 1. The molecule has 1 amide bonds. The molecule has 2 N–H and O–H groups in total. The monoisotopic (exact) mass is 304 g/mol. The van der Waals surface area contributed by atoms with Crippen molar-refractivity contribution in [3.8, 4) is 5.75 Å². The third kappa shape index (κ3) is 6.99. The predicted molar refractivity (Wildman–Crippen MR) is 73.2 cm³/mol. The number of halogens is 3. The van der Waals surface area contributed by atoms with Crippen LogP contribution in [0.15, 0.2) is 24.3 Å². The number of nitrogens with one attached hydrogen (secondary N) is 2. The Morgan fingerprint density at radius 1 is 1.33 bits per heavy atom. The number of para-hydroxylation sites is 1. The van der Waals surface area contributed by atoms with E-state index in [2.05, 4.69) is 10.6 Å². The Morgan fingerprint density at radius 2 is 2.00 bits per heavy atom. The molecule has 21 heavy (non-hydrogen) atoms. The Labute approximate surface area is 121 Å². The number of carbonyl (C=O) groups is 1. The molecule has 1 rings (SSSR count). The molecule has 0 fully saturated rings. The molecule has 7 heteroatoms. The van der Waals surface area contributed by atoms with Crippen LogP contribution in [0.25, 0.3) is 0 Å². The zero-order valence-electron chi connectivity index (χ0n) is 12.0. The van der Waals surface area contributed by atoms with E-state index >= 15 is 0 Å². The lowest BCUT2D eigenvalue weighted by atomic mass is 10.1. The summed E-state index contributed by atoms with van der Waals surface area (Å²) in [4.78, 5) is 11.5. The van der Waals surface area contributed by atoms with Crippen LogP contribution in [0.4, 0.5) is 13.2 Å². The van der Waals surface area contributed by atoms with Crippen LogP contribution < -0.4 is 15.4 Å². The topological polar surface area (TPSA) is 50.4 Å². The molecule has 1 unspecified atom stereocenters. The summed E-state index contributed by atoms with van der Waals surface area (Å²) >= 11 is 0. The molecule has 0 radical (unpaired) electrons. The standard InChI is InChI=1S/C14H19F3N2O2/c1-10(7-11-5-3-4-6-12(11)21-2)19-13(20)8-18-9-14(15,16)17/h3-6,10,18H,7-9H2,1-2H3,(H,19,20). The number of alkyl halides is 3. The van der Waals surface area contributed by atoms with Gasteiger partial charge in [0.1, 0.15) is 5.75 Å². The third-order valence-electron chi connectivity index (χ3n) is 2.74. The van der Waals surface area contributed by atoms with Gasteiger partial charge in [-0.05, 0) is 25.0 Å². The minimum atomic E-state index is -4.32. The molecular formula is C14H19F3N2O2. The Kier molecular flexibility index (Phi) is 6.48. The maximum absolute atomic E-state index is 11.9. The quantitative estimate of drug-likeness (QED) is 0.809. The Balaban J connectivity index is 2.39. The second-order valence-corrected chi connectivity index (χ2v) is 4.70. The van der Waals surface area contributed by atoms with E-state index in [-0.39, 0.29) is 12.6 Å². The van der Waals surface area contributed by atoms with E-state index in [1.165, 1.54) is 0 Å². The first-order valence-corrected chi connectivity index (χ1v) is 6.50. The maximum atomic E-state index is 11.9. The zero-order chi connectivity index (χ0) is 15.9. The van der Waals surface area contributed by atoms with Gasteiger partial charge < -0.3 is 15.4 Å². The van der Waals surface area contributed by atoms with Gasteiger partial charge in [0.2, 0.25) is 5.91 Å². The van der Waals surface area contributed by atoms with Crippen LogP contribution in [-0.4, -0.2) is 38.3 Å². The van der Waals surface area contributed by atoms with Crippen LogP contribution >= 0.6 is 0 Å². The summed E-state index contributed by atoms with van der Waals surface area (Å²) in [5, 5.41) is 4.70. The third-order valence-corrected chi connectivity index (χ3v) is 2.74. The first-order valence-electron chi connectivity index (χ1n) is 6.50. The summed E-state index contributed by atoms with van der Waals surface area (Å²) in [6.07, 6.45) is -3.78. The molecular weight excluding hydrogens is 285 g/mol. The lowest BCUT2D eigenvalue weighted by Crippen LogP contribution is -2.42. The van der Waals surface area contributed by atoms with Gasteiger partial charge in [0.25, 0.3) is 0 Å². The molecule has 0 saturated heterocycles. The van der Waals surface area contributed by atoms with E-state index in [4.69, 9.17) is 4.74 Å². The number of amides is 1. The molecule has 1 aromatic carbocycles. The van der Waals surface area contributed by atoms with Gasteiger partial charge in [0.05, 0.1) is 20.2 Å². The van der Waals surface area contributed by atoms with Crippen molar-refractivity contribution < 1.29 is 22.7 Å². The van der Waals surface area contributed by atoms with Crippen LogP contribution in [0.3, 0.4) is 0 Å². The van der Waals surface area contributed by atoms with Crippen LogP contribution in [0.5, 0.6) is 5.75 Å². The summed E-state index contributed by atoms with van der Waals surface area (Å²) in [6.45, 7) is 0.241. The number of carbonyl (C=O) groups excluding carboxylic acids is 1. The Bertz CT molecular complexity index is 464.